The summed E-state index contributed by atoms with van der Waals surface area (Å²) in [7, 11) is 3.27. The Morgan fingerprint density at radius 2 is 2.00 bits per heavy atom. The smallest absolute Gasteiger partial charge is 0.305 e. The molecule has 0 unspecified atom stereocenters. The highest BCUT2D eigenvalue weighted by molar-refractivity contribution is 5.77. The molecule has 0 aliphatic carbocycles. The van der Waals surface area contributed by atoms with Gasteiger partial charge >= 0.3 is 5.97 Å². The number of likely N-dealkylation sites (N-methyl/N-ethyl adjacent to an activating group) is 1. The standard InChI is InChI=1S/C20H30N2O3/c1-21(19(23)11-6-12-20(24)25-2)18-10-7-14-22(16-18)15-13-17-8-4-3-5-9-17/h3-5,8-9,18H,6-7,10-16H2,1-2H3/t18-/m0/s1. The highest BCUT2D eigenvalue weighted by atomic mass is 16.5. The van der Waals surface area contributed by atoms with E-state index in [1.807, 2.05) is 18.0 Å². The minimum atomic E-state index is -0.250. The van der Waals surface area contributed by atoms with E-state index in [2.05, 4.69) is 33.9 Å². The van der Waals surface area contributed by atoms with Crippen LogP contribution >= 0.6 is 0 Å². The maximum Gasteiger partial charge on any atom is 0.305 e. The number of amides is 1. The Bertz CT molecular complexity index is 547. The second kappa shape index (κ2) is 10.2. The number of carbonyl (C=O) groups excluding carboxylic acids is 2. The van der Waals surface area contributed by atoms with Crippen LogP contribution in [-0.4, -0.2) is 61.5 Å². The summed E-state index contributed by atoms with van der Waals surface area (Å²) in [6, 6.07) is 10.8. The number of nitrogens with zero attached hydrogens (tertiary/aromatic N) is 2. The van der Waals surface area contributed by atoms with Gasteiger partial charge in [0.1, 0.15) is 0 Å². The third-order valence-electron chi connectivity index (χ3n) is 4.98. The maximum absolute atomic E-state index is 12.4. The number of esters is 1. The summed E-state index contributed by atoms with van der Waals surface area (Å²) in [5.74, 6) is -0.126. The monoisotopic (exact) mass is 346 g/mol. The Morgan fingerprint density at radius 3 is 2.72 bits per heavy atom. The minimum Gasteiger partial charge on any atom is -0.469 e. The third kappa shape index (κ3) is 6.50. The van der Waals surface area contributed by atoms with Crippen LogP contribution in [0.5, 0.6) is 0 Å². The van der Waals surface area contributed by atoms with Crippen LogP contribution in [0.2, 0.25) is 0 Å². The summed E-state index contributed by atoms with van der Waals surface area (Å²) < 4.78 is 4.62. The van der Waals surface area contributed by atoms with Crippen LogP contribution in [0.15, 0.2) is 30.3 Å². The number of hydrogen-bond acceptors (Lipinski definition) is 4. The second-order valence-electron chi connectivity index (χ2n) is 6.77. The number of likely N-dealkylation sites (tertiary alicyclic amines) is 1. The molecule has 0 spiro atoms. The molecule has 1 aromatic rings. The van der Waals surface area contributed by atoms with Crippen molar-refractivity contribution in [1.29, 1.82) is 0 Å². The number of rotatable bonds is 8. The fraction of sp³-hybridized carbons (Fsp3) is 0.600. The number of piperidine rings is 1. The third-order valence-corrected chi connectivity index (χ3v) is 4.98. The Kier molecular flexibility index (Phi) is 7.92. The summed E-state index contributed by atoms with van der Waals surface area (Å²) in [5.41, 5.74) is 1.36. The molecule has 5 heteroatoms. The van der Waals surface area contributed by atoms with Crippen LogP contribution in [0.25, 0.3) is 0 Å². The summed E-state index contributed by atoms with van der Waals surface area (Å²) in [4.78, 5) is 27.8. The SMILES string of the molecule is COC(=O)CCCC(=O)N(C)[C@H]1CCCN(CCc2ccccc2)C1. The fourth-order valence-corrected chi connectivity index (χ4v) is 3.35. The molecule has 1 atom stereocenters. The van der Waals surface area contributed by atoms with Gasteiger partial charge < -0.3 is 14.5 Å². The van der Waals surface area contributed by atoms with Gasteiger partial charge in [-0.3, -0.25) is 9.59 Å². The lowest BCUT2D eigenvalue weighted by Gasteiger charge is -2.37. The average molecular weight is 346 g/mol. The zero-order valence-electron chi connectivity index (χ0n) is 15.4. The molecule has 1 amide bonds. The van der Waals surface area contributed by atoms with Gasteiger partial charge in [0.2, 0.25) is 5.91 Å². The highest BCUT2D eigenvalue weighted by Gasteiger charge is 2.25. The molecule has 1 fully saturated rings. The molecule has 0 radical (unpaired) electrons. The Morgan fingerprint density at radius 1 is 1.24 bits per heavy atom. The van der Waals surface area contributed by atoms with E-state index in [1.165, 1.54) is 12.7 Å². The Hall–Kier alpha value is -1.88. The van der Waals surface area contributed by atoms with Crippen LogP contribution in [0, 0.1) is 0 Å². The van der Waals surface area contributed by atoms with Crippen molar-refractivity contribution in [2.24, 2.45) is 0 Å². The molecule has 0 N–H and O–H groups in total. The molecule has 0 saturated carbocycles. The van der Waals surface area contributed by atoms with Crippen molar-refractivity contribution in [1.82, 2.24) is 9.80 Å². The van der Waals surface area contributed by atoms with Gasteiger partial charge in [-0.15, -0.1) is 0 Å². The normalized spacial score (nSPS) is 17.9. The topological polar surface area (TPSA) is 49.9 Å². The van der Waals surface area contributed by atoms with Crippen LogP contribution in [0.3, 0.4) is 0 Å². The first-order chi connectivity index (χ1) is 12.1. The van der Waals surface area contributed by atoms with Gasteiger partial charge in [-0.1, -0.05) is 30.3 Å². The van der Waals surface area contributed by atoms with Gasteiger partial charge in [0, 0.05) is 39.0 Å². The molecule has 1 aliphatic rings. The van der Waals surface area contributed by atoms with E-state index < -0.39 is 0 Å². The second-order valence-corrected chi connectivity index (χ2v) is 6.77. The van der Waals surface area contributed by atoms with Crippen molar-refractivity contribution in [3.05, 3.63) is 35.9 Å². The van der Waals surface area contributed by atoms with E-state index in [0.29, 0.717) is 19.3 Å². The van der Waals surface area contributed by atoms with Gasteiger partial charge in [-0.05, 0) is 37.8 Å². The van der Waals surface area contributed by atoms with E-state index in [4.69, 9.17) is 0 Å². The summed E-state index contributed by atoms with van der Waals surface area (Å²) in [6.07, 6.45) is 4.50. The van der Waals surface area contributed by atoms with Crippen molar-refractivity contribution >= 4 is 11.9 Å². The van der Waals surface area contributed by atoms with Crippen molar-refractivity contribution in [2.75, 3.05) is 33.8 Å². The fourth-order valence-electron chi connectivity index (χ4n) is 3.35. The van der Waals surface area contributed by atoms with Crippen LogP contribution in [0.4, 0.5) is 0 Å². The molecular formula is C20H30N2O3. The minimum absolute atomic E-state index is 0.124. The average Bonchev–Trinajstić information content (AvgIpc) is 2.66. The highest BCUT2D eigenvalue weighted by Crippen LogP contribution is 2.17. The first kappa shape index (κ1) is 19.4. The first-order valence-electron chi connectivity index (χ1n) is 9.19. The van der Waals surface area contributed by atoms with Gasteiger partial charge in [-0.2, -0.15) is 0 Å². The van der Waals surface area contributed by atoms with Gasteiger partial charge in [0.15, 0.2) is 0 Å². The number of benzene rings is 1. The number of hydrogen-bond donors (Lipinski definition) is 0. The number of ether oxygens (including phenoxy) is 1. The largest absolute Gasteiger partial charge is 0.469 e. The van der Waals surface area contributed by atoms with Crippen molar-refractivity contribution in [3.63, 3.8) is 0 Å². The predicted molar refractivity (Wildman–Crippen MR) is 98.2 cm³/mol. The molecule has 0 aromatic heterocycles. The summed E-state index contributed by atoms with van der Waals surface area (Å²) in [6.45, 7) is 3.07. The zero-order chi connectivity index (χ0) is 18.1. The maximum atomic E-state index is 12.4. The molecule has 1 heterocycles. The van der Waals surface area contributed by atoms with Crippen LogP contribution in [-0.2, 0) is 20.7 Å². The molecule has 1 aromatic carbocycles. The van der Waals surface area contributed by atoms with E-state index in [-0.39, 0.29) is 17.9 Å². The molecule has 1 aliphatic heterocycles. The van der Waals surface area contributed by atoms with Crippen molar-refractivity contribution < 1.29 is 14.3 Å². The van der Waals surface area contributed by atoms with E-state index in [9.17, 15) is 9.59 Å². The van der Waals surface area contributed by atoms with Crippen molar-refractivity contribution in [2.45, 2.75) is 44.6 Å². The lowest BCUT2D eigenvalue weighted by atomic mass is 10.0. The molecule has 0 bridgehead atoms. The number of methoxy groups -OCH3 is 1. The number of carbonyl (C=O) groups is 2. The Balaban J connectivity index is 1.75. The zero-order valence-corrected chi connectivity index (χ0v) is 15.4. The molecular weight excluding hydrogens is 316 g/mol. The lowest BCUT2D eigenvalue weighted by Crippen LogP contribution is -2.48. The van der Waals surface area contributed by atoms with Crippen molar-refractivity contribution in [3.8, 4) is 0 Å². The van der Waals surface area contributed by atoms with Gasteiger partial charge in [-0.25, -0.2) is 0 Å². The molecule has 1 saturated heterocycles. The lowest BCUT2D eigenvalue weighted by molar-refractivity contribution is -0.141. The van der Waals surface area contributed by atoms with Crippen LogP contribution in [0.1, 0.15) is 37.7 Å². The molecule has 5 nitrogen and oxygen atoms in total. The van der Waals surface area contributed by atoms with Crippen LogP contribution < -0.4 is 0 Å². The molecule has 25 heavy (non-hydrogen) atoms. The van der Waals surface area contributed by atoms with E-state index in [0.717, 1.165) is 38.9 Å². The van der Waals surface area contributed by atoms with Gasteiger partial charge in [0.05, 0.1) is 7.11 Å². The Labute approximate surface area is 150 Å². The predicted octanol–water partition coefficient (Wildman–Crippen LogP) is 2.50. The first-order valence-corrected chi connectivity index (χ1v) is 9.19. The van der Waals surface area contributed by atoms with Gasteiger partial charge in [0.25, 0.3) is 0 Å². The summed E-state index contributed by atoms with van der Waals surface area (Å²) in [5, 5.41) is 0. The van der Waals surface area contributed by atoms with E-state index >= 15 is 0 Å². The van der Waals surface area contributed by atoms with E-state index in [1.54, 1.807) is 0 Å². The molecule has 138 valence electrons. The molecule has 2 rings (SSSR count). The quantitative estimate of drug-likeness (QED) is 0.679. The summed E-state index contributed by atoms with van der Waals surface area (Å²) >= 11 is 0.